The molecule has 1 aromatic carbocycles. The van der Waals surface area contributed by atoms with Crippen molar-refractivity contribution in [3.63, 3.8) is 0 Å². The van der Waals surface area contributed by atoms with E-state index in [9.17, 15) is 4.39 Å². The fraction of sp³-hybridized carbons (Fsp3) is 0.700. The molecule has 24 heavy (non-hydrogen) atoms. The van der Waals surface area contributed by atoms with Gasteiger partial charge >= 0.3 is 0 Å². The van der Waals surface area contributed by atoms with Crippen LogP contribution in [0.25, 0.3) is 0 Å². The predicted molar refractivity (Wildman–Crippen MR) is 93.3 cm³/mol. The molecule has 2 aliphatic carbocycles. The first-order valence-electron chi connectivity index (χ1n) is 9.47. The van der Waals surface area contributed by atoms with E-state index < -0.39 is 0 Å². The normalized spacial score (nSPS) is 30.7. The second-order valence-electron chi connectivity index (χ2n) is 7.98. The van der Waals surface area contributed by atoms with Gasteiger partial charge in [-0.2, -0.15) is 0 Å². The summed E-state index contributed by atoms with van der Waals surface area (Å²) in [5.74, 6) is 0.578. The van der Waals surface area contributed by atoms with E-state index in [0.29, 0.717) is 17.6 Å². The zero-order chi connectivity index (χ0) is 16.6. The molecule has 4 rings (SSSR count). The van der Waals surface area contributed by atoms with Gasteiger partial charge in [0, 0.05) is 43.6 Å². The molecule has 1 aromatic rings. The Hall–Kier alpha value is -0.970. The number of rotatable bonds is 6. The smallest absolute Gasteiger partial charge is 0.123 e. The number of fused-ring (bicyclic) bond motifs is 2. The minimum Gasteiger partial charge on any atom is -0.377 e. The molecule has 1 aliphatic heterocycles. The van der Waals surface area contributed by atoms with Crippen molar-refractivity contribution in [2.45, 2.75) is 50.8 Å². The van der Waals surface area contributed by atoms with E-state index in [2.05, 4.69) is 17.3 Å². The van der Waals surface area contributed by atoms with Crippen molar-refractivity contribution in [2.75, 3.05) is 26.7 Å². The first kappa shape index (κ1) is 16.5. The van der Waals surface area contributed by atoms with Crippen LogP contribution in [0.15, 0.2) is 24.3 Å². The lowest BCUT2D eigenvalue weighted by Gasteiger charge is -2.57. The van der Waals surface area contributed by atoms with Gasteiger partial charge in [0.1, 0.15) is 5.82 Å². The highest BCUT2D eigenvalue weighted by Gasteiger charge is 2.64. The molecule has 0 amide bonds. The lowest BCUT2D eigenvalue weighted by atomic mass is 9.54. The second-order valence-corrected chi connectivity index (χ2v) is 7.98. The molecule has 0 aromatic heterocycles. The molecule has 3 fully saturated rings. The van der Waals surface area contributed by atoms with E-state index in [0.717, 1.165) is 32.2 Å². The quantitative estimate of drug-likeness (QED) is 0.866. The monoisotopic (exact) mass is 332 g/mol. The first-order valence-corrected chi connectivity index (χ1v) is 9.47. The number of benzene rings is 1. The molecule has 0 bridgehead atoms. The fourth-order valence-electron chi connectivity index (χ4n) is 5.40. The van der Waals surface area contributed by atoms with E-state index >= 15 is 0 Å². The van der Waals surface area contributed by atoms with Crippen LogP contribution in [0, 0.1) is 17.2 Å². The standard InChI is InChI=1S/C20H29FN2O/c1-23(14-15-4-6-16(21)7-5-15)12-11-22-18-17-8-13-24-19(17)20(18)9-2-3-10-20/h4-7,17-19,22H,2-3,8-14H2,1H3/t17-,18-,19+/m1/s1. The van der Waals surface area contributed by atoms with Gasteiger partial charge in [0.2, 0.25) is 0 Å². The highest BCUT2D eigenvalue weighted by atomic mass is 19.1. The lowest BCUT2D eigenvalue weighted by molar-refractivity contribution is -0.130. The van der Waals surface area contributed by atoms with E-state index in [4.69, 9.17) is 4.74 Å². The molecule has 1 N–H and O–H groups in total. The Labute approximate surface area is 144 Å². The lowest BCUT2D eigenvalue weighted by Crippen LogP contribution is -2.67. The average Bonchev–Trinajstić information content (AvgIpc) is 3.22. The van der Waals surface area contributed by atoms with E-state index in [1.54, 1.807) is 12.1 Å². The molecule has 4 heteroatoms. The van der Waals surface area contributed by atoms with E-state index in [1.165, 1.54) is 37.7 Å². The molecule has 2 saturated carbocycles. The van der Waals surface area contributed by atoms with Gasteiger partial charge in [-0.05, 0) is 44.0 Å². The summed E-state index contributed by atoms with van der Waals surface area (Å²) in [6.07, 6.45) is 7.20. The number of hydrogen-bond donors (Lipinski definition) is 1. The molecule has 3 atom stereocenters. The summed E-state index contributed by atoms with van der Waals surface area (Å²) in [5.41, 5.74) is 1.61. The number of nitrogens with one attached hydrogen (secondary N) is 1. The zero-order valence-corrected chi connectivity index (χ0v) is 14.6. The Bertz CT molecular complexity index is 555. The molecule has 132 valence electrons. The summed E-state index contributed by atoms with van der Waals surface area (Å²) in [6.45, 7) is 3.86. The van der Waals surface area contributed by atoms with Gasteiger partial charge in [0.15, 0.2) is 0 Å². The molecule has 3 nitrogen and oxygen atoms in total. The van der Waals surface area contributed by atoms with Crippen molar-refractivity contribution in [3.8, 4) is 0 Å². The topological polar surface area (TPSA) is 24.5 Å². The van der Waals surface area contributed by atoms with Gasteiger partial charge in [-0.3, -0.25) is 0 Å². The van der Waals surface area contributed by atoms with Gasteiger partial charge in [-0.1, -0.05) is 25.0 Å². The Morgan fingerprint density at radius 2 is 2.00 bits per heavy atom. The van der Waals surface area contributed by atoms with Gasteiger partial charge in [0.05, 0.1) is 6.10 Å². The van der Waals surface area contributed by atoms with Crippen LogP contribution in [0.1, 0.15) is 37.7 Å². The van der Waals surface area contributed by atoms with Gasteiger partial charge in [-0.25, -0.2) is 4.39 Å². The predicted octanol–water partition coefficient (Wildman–Crippen LogP) is 3.19. The third-order valence-corrected chi connectivity index (χ3v) is 6.51. The largest absolute Gasteiger partial charge is 0.377 e. The van der Waals surface area contributed by atoms with Crippen LogP contribution in [0.5, 0.6) is 0 Å². The van der Waals surface area contributed by atoms with E-state index in [1.807, 2.05) is 12.1 Å². The highest BCUT2D eigenvalue weighted by Crippen LogP contribution is 2.60. The summed E-state index contributed by atoms with van der Waals surface area (Å²) in [7, 11) is 2.14. The molecular formula is C20H29FN2O. The Morgan fingerprint density at radius 3 is 2.75 bits per heavy atom. The van der Waals surface area contributed by atoms with Crippen LogP contribution < -0.4 is 5.32 Å². The van der Waals surface area contributed by atoms with Crippen molar-refractivity contribution in [1.29, 1.82) is 0 Å². The van der Waals surface area contributed by atoms with Crippen molar-refractivity contribution in [2.24, 2.45) is 11.3 Å². The summed E-state index contributed by atoms with van der Waals surface area (Å²) < 4.78 is 19.0. The van der Waals surface area contributed by atoms with Crippen molar-refractivity contribution < 1.29 is 9.13 Å². The Kier molecular flexibility index (Phi) is 4.63. The molecule has 1 heterocycles. The van der Waals surface area contributed by atoms with Crippen molar-refractivity contribution in [3.05, 3.63) is 35.6 Å². The molecule has 0 radical (unpaired) electrons. The van der Waals surface area contributed by atoms with Gasteiger partial charge in [0.25, 0.3) is 0 Å². The average molecular weight is 332 g/mol. The maximum atomic E-state index is 13.0. The molecule has 0 unspecified atom stereocenters. The third-order valence-electron chi connectivity index (χ3n) is 6.51. The number of hydrogen-bond acceptors (Lipinski definition) is 3. The number of nitrogens with zero attached hydrogens (tertiary/aromatic N) is 1. The minimum absolute atomic E-state index is 0.164. The molecule has 1 saturated heterocycles. The Balaban J connectivity index is 1.27. The maximum Gasteiger partial charge on any atom is 0.123 e. The molecule has 3 aliphatic rings. The third kappa shape index (κ3) is 2.89. The summed E-state index contributed by atoms with van der Waals surface area (Å²) in [5, 5.41) is 3.87. The van der Waals surface area contributed by atoms with Crippen LogP contribution >= 0.6 is 0 Å². The zero-order valence-electron chi connectivity index (χ0n) is 14.6. The number of halogens is 1. The van der Waals surface area contributed by atoms with Crippen LogP contribution in [0.2, 0.25) is 0 Å². The number of likely N-dealkylation sites (N-methyl/N-ethyl adjacent to an activating group) is 1. The van der Waals surface area contributed by atoms with Crippen LogP contribution in [0.3, 0.4) is 0 Å². The van der Waals surface area contributed by atoms with Gasteiger partial charge < -0.3 is 15.0 Å². The fourth-order valence-corrected chi connectivity index (χ4v) is 5.40. The highest BCUT2D eigenvalue weighted by molar-refractivity contribution is 5.17. The maximum absolute atomic E-state index is 13.0. The van der Waals surface area contributed by atoms with Crippen LogP contribution in [-0.4, -0.2) is 43.8 Å². The van der Waals surface area contributed by atoms with Crippen LogP contribution in [0.4, 0.5) is 4.39 Å². The van der Waals surface area contributed by atoms with Crippen LogP contribution in [-0.2, 0) is 11.3 Å². The van der Waals surface area contributed by atoms with Crippen molar-refractivity contribution >= 4 is 0 Å². The number of ether oxygens (including phenoxy) is 1. The first-order chi connectivity index (χ1) is 11.7. The summed E-state index contributed by atoms with van der Waals surface area (Å²) >= 11 is 0. The van der Waals surface area contributed by atoms with E-state index in [-0.39, 0.29) is 5.82 Å². The van der Waals surface area contributed by atoms with Crippen molar-refractivity contribution in [1.82, 2.24) is 10.2 Å². The van der Waals surface area contributed by atoms with Gasteiger partial charge in [-0.15, -0.1) is 0 Å². The Morgan fingerprint density at radius 1 is 1.25 bits per heavy atom. The molecular weight excluding hydrogens is 303 g/mol. The second kappa shape index (κ2) is 6.74. The summed E-state index contributed by atoms with van der Waals surface area (Å²) in [6, 6.07) is 7.49. The molecule has 1 spiro atoms. The minimum atomic E-state index is -0.164. The SMILES string of the molecule is CN(CCN[C@@H]1[C@H]2CCO[C@@H]2C12CCCC2)Cc1ccc(F)cc1. The summed E-state index contributed by atoms with van der Waals surface area (Å²) in [4.78, 5) is 2.31.